The van der Waals surface area contributed by atoms with Gasteiger partial charge in [0.2, 0.25) is 11.8 Å². The van der Waals surface area contributed by atoms with Gasteiger partial charge in [-0.3, -0.25) is 29.8 Å². The minimum Gasteiger partial charge on any atom is -0.299 e. The summed E-state index contributed by atoms with van der Waals surface area (Å²) in [5.74, 6) is 0.143. The normalized spacial score (nSPS) is 10.6. The number of carbonyl (C=O) groups excluding carboxylic acids is 2. The highest BCUT2D eigenvalue weighted by atomic mass is 32.2. The third-order valence-corrected chi connectivity index (χ3v) is 4.93. The standard InChI is InChI=1S/C12H14N4O3S2/c1-6-13-11-8(12(19)16(6)3)4-10(21-11)20-5-9(18)15-14-7(2)17/h4H,5H2,1-3H3,(H,14,17)(H,15,18). The number of amides is 2. The molecule has 2 N–H and O–H groups in total. The van der Waals surface area contributed by atoms with Crippen LogP contribution in [0.25, 0.3) is 10.2 Å². The molecule has 0 unspecified atom stereocenters. The molecule has 0 atom stereocenters. The largest absolute Gasteiger partial charge is 0.299 e. The molecule has 2 aromatic heterocycles. The smallest absolute Gasteiger partial charge is 0.262 e. The van der Waals surface area contributed by atoms with E-state index in [4.69, 9.17) is 0 Å². The molecular formula is C12H14N4O3S2. The molecule has 0 aliphatic rings. The van der Waals surface area contributed by atoms with Crippen molar-refractivity contribution in [2.45, 2.75) is 18.1 Å². The molecule has 7 nitrogen and oxygen atoms in total. The number of hydrogen-bond donors (Lipinski definition) is 2. The maximum absolute atomic E-state index is 12.1. The van der Waals surface area contributed by atoms with Crippen molar-refractivity contribution in [2.75, 3.05) is 5.75 Å². The van der Waals surface area contributed by atoms with E-state index >= 15 is 0 Å². The Morgan fingerprint density at radius 2 is 2.14 bits per heavy atom. The van der Waals surface area contributed by atoms with Crippen LogP contribution in [0.15, 0.2) is 15.1 Å². The zero-order chi connectivity index (χ0) is 15.6. The van der Waals surface area contributed by atoms with Gasteiger partial charge in [-0.1, -0.05) is 0 Å². The number of fused-ring (bicyclic) bond motifs is 1. The summed E-state index contributed by atoms with van der Waals surface area (Å²) in [4.78, 5) is 39.2. The number of thiophene rings is 1. The zero-order valence-electron chi connectivity index (χ0n) is 11.7. The summed E-state index contributed by atoms with van der Waals surface area (Å²) < 4.78 is 2.32. The molecule has 0 saturated heterocycles. The van der Waals surface area contributed by atoms with Crippen LogP contribution < -0.4 is 16.4 Å². The van der Waals surface area contributed by atoms with E-state index < -0.39 is 0 Å². The average molecular weight is 326 g/mol. The number of nitrogens with zero attached hydrogens (tertiary/aromatic N) is 2. The molecule has 9 heteroatoms. The maximum atomic E-state index is 12.1. The van der Waals surface area contributed by atoms with E-state index in [2.05, 4.69) is 15.8 Å². The van der Waals surface area contributed by atoms with Crippen molar-refractivity contribution in [3.8, 4) is 0 Å². The van der Waals surface area contributed by atoms with Crippen molar-refractivity contribution in [3.05, 3.63) is 22.2 Å². The lowest BCUT2D eigenvalue weighted by atomic mass is 10.4. The molecule has 0 bridgehead atoms. The molecule has 2 amide bonds. The fourth-order valence-corrected chi connectivity index (χ4v) is 3.54. The Bertz CT molecular complexity index is 766. The van der Waals surface area contributed by atoms with Crippen LogP contribution in [0.1, 0.15) is 12.7 Å². The second-order valence-electron chi connectivity index (χ2n) is 4.33. The SMILES string of the molecule is CC(=O)NNC(=O)CSc1cc2c(=O)n(C)c(C)nc2s1. The molecule has 0 saturated carbocycles. The Labute approximate surface area is 128 Å². The van der Waals surface area contributed by atoms with E-state index in [1.54, 1.807) is 20.0 Å². The third-order valence-electron chi connectivity index (χ3n) is 2.70. The topological polar surface area (TPSA) is 93.1 Å². The molecular weight excluding hydrogens is 312 g/mol. The summed E-state index contributed by atoms with van der Waals surface area (Å²) in [6.07, 6.45) is 0. The Kier molecular flexibility index (Phi) is 4.63. The molecule has 0 aliphatic heterocycles. The number of aryl methyl sites for hydroxylation is 1. The van der Waals surface area contributed by atoms with Gasteiger partial charge in [0.15, 0.2) is 0 Å². The van der Waals surface area contributed by atoms with Gasteiger partial charge >= 0.3 is 0 Å². The van der Waals surface area contributed by atoms with E-state index in [1.165, 1.54) is 34.6 Å². The molecule has 0 aliphatic carbocycles. The number of hydrazine groups is 1. The van der Waals surface area contributed by atoms with Gasteiger partial charge in [0.1, 0.15) is 10.7 Å². The van der Waals surface area contributed by atoms with Gasteiger partial charge in [0.25, 0.3) is 5.56 Å². The van der Waals surface area contributed by atoms with Crippen molar-refractivity contribution in [2.24, 2.45) is 7.05 Å². The van der Waals surface area contributed by atoms with E-state index in [0.717, 1.165) is 4.21 Å². The molecule has 2 heterocycles. The fourth-order valence-electron chi connectivity index (χ4n) is 1.55. The summed E-state index contributed by atoms with van der Waals surface area (Å²) in [5, 5.41) is 0.554. The first-order valence-corrected chi connectivity index (χ1v) is 7.84. The Balaban J connectivity index is 2.10. The molecule has 0 radical (unpaired) electrons. The van der Waals surface area contributed by atoms with Crippen LogP contribution in [0.4, 0.5) is 0 Å². The second kappa shape index (κ2) is 6.27. The van der Waals surface area contributed by atoms with Crippen molar-refractivity contribution in [3.63, 3.8) is 0 Å². The number of aromatic nitrogens is 2. The summed E-state index contributed by atoms with van der Waals surface area (Å²) in [7, 11) is 1.68. The number of thioether (sulfide) groups is 1. The summed E-state index contributed by atoms with van der Waals surface area (Å²) >= 11 is 2.67. The summed E-state index contributed by atoms with van der Waals surface area (Å²) in [6, 6.07) is 1.74. The van der Waals surface area contributed by atoms with Crippen molar-refractivity contribution in [1.29, 1.82) is 0 Å². The van der Waals surface area contributed by atoms with Gasteiger partial charge in [-0.05, 0) is 13.0 Å². The van der Waals surface area contributed by atoms with Crippen molar-refractivity contribution < 1.29 is 9.59 Å². The molecule has 2 aromatic rings. The minimum absolute atomic E-state index is 0.0942. The summed E-state index contributed by atoms with van der Waals surface area (Å²) in [6.45, 7) is 3.08. The number of rotatable bonds is 3. The third kappa shape index (κ3) is 3.61. The number of carbonyl (C=O) groups is 2. The lowest BCUT2D eigenvalue weighted by molar-refractivity contribution is -0.126. The van der Waals surface area contributed by atoms with Gasteiger partial charge in [0, 0.05) is 14.0 Å². The molecule has 0 aromatic carbocycles. The predicted octanol–water partition coefficient (Wildman–Crippen LogP) is 0.563. The molecule has 0 spiro atoms. The molecule has 2 rings (SSSR count). The first-order valence-electron chi connectivity index (χ1n) is 6.04. The predicted molar refractivity (Wildman–Crippen MR) is 82.3 cm³/mol. The van der Waals surface area contributed by atoms with Crippen LogP contribution in [0.3, 0.4) is 0 Å². The van der Waals surface area contributed by atoms with Crippen LogP contribution in [0, 0.1) is 6.92 Å². The zero-order valence-corrected chi connectivity index (χ0v) is 13.4. The lowest BCUT2D eigenvalue weighted by Crippen LogP contribution is -2.41. The van der Waals surface area contributed by atoms with Gasteiger partial charge < -0.3 is 0 Å². The average Bonchev–Trinajstić information content (AvgIpc) is 2.83. The molecule has 21 heavy (non-hydrogen) atoms. The Hall–Kier alpha value is -1.87. The van der Waals surface area contributed by atoms with E-state index in [1.807, 2.05) is 0 Å². The maximum Gasteiger partial charge on any atom is 0.262 e. The van der Waals surface area contributed by atoms with E-state index in [0.29, 0.717) is 16.0 Å². The van der Waals surface area contributed by atoms with Gasteiger partial charge in [-0.2, -0.15) is 0 Å². The second-order valence-corrected chi connectivity index (χ2v) is 6.63. The van der Waals surface area contributed by atoms with E-state index in [9.17, 15) is 14.4 Å². The minimum atomic E-state index is -0.335. The quantitative estimate of drug-likeness (QED) is 0.635. The molecule has 112 valence electrons. The van der Waals surface area contributed by atoms with Crippen LogP contribution in [0.5, 0.6) is 0 Å². The van der Waals surface area contributed by atoms with Crippen LogP contribution >= 0.6 is 23.1 Å². The van der Waals surface area contributed by atoms with Crippen molar-refractivity contribution >= 4 is 45.1 Å². The van der Waals surface area contributed by atoms with Crippen molar-refractivity contribution in [1.82, 2.24) is 20.4 Å². The fraction of sp³-hybridized carbons (Fsp3) is 0.333. The highest BCUT2D eigenvalue weighted by molar-refractivity contribution is 8.01. The first-order chi connectivity index (χ1) is 9.88. The number of nitrogens with one attached hydrogen (secondary N) is 2. The van der Waals surface area contributed by atoms with Crippen LogP contribution in [0.2, 0.25) is 0 Å². The number of hydrogen-bond acceptors (Lipinski definition) is 6. The molecule has 0 fully saturated rings. The Morgan fingerprint density at radius 1 is 1.43 bits per heavy atom. The van der Waals surface area contributed by atoms with Crippen LogP contribution in [-0.4, -0.2) is 27.1 Å². The van der Waals surface area contributed by atoms with Crippen LogP contribution in [-0.2, 0) is 16.6 Å². The summed E-state index contributed by atoms with van der Waals surface area (Å²) in [5.41, 5.74) is 4.40. The highest BCUT2D eigenvalue weighted by Crippen LogP contribution is 2.30. The van der Waals surface area contributed by atoms with Gasteiger partial charge in [-0.15, -0.1) is 23.1 Å². The van der Waals surface area contributed by atoms with Gasteiger partial charge in [0.05, 0.1) is 15.3 Å². The first kappa shape index (κ1) is 15.5. The lowest BCUT2D eigenvalue weighted by Gasteiger charge is -2.03. The Morgan fingerprint density at radius 3 is 2.81 bits per heavy atom. The highest BCUT2D eigenvalue weighted by Gasteiger charge is 2.11. The van der Waals surface area contributed by atoms with Gasteiger partial charge in [-0.25, -0.2) is 4.98 Å². The monoisotopic (exact) mass is 326 g/mol. The van der Waals surface area contributed by atoms with E-state index in [-0.39, 0.29) is 23.1 Å².